The van der Waals surface area contributed by atoms with E-state index in [4.69, 9.17) is 40.4 Å². The van der Waals surface area contributed by atoms with Gasteiger partial charge < -0.3 is 17.2 Å². The molecule has 0 amide bonds. The fourth-order valence-corrected chi connectivity index (χ4v) is 2.48. The predicted molar refractivity (Wildman–Crippen MR) is 76.3 cm³/mol. The van der Waals surface area contributed by atoms with Crippen LogP contribution >= 0.6 is 45.8 Å². The zero-order valence-electron chi connectivity index (χ0n) is 7.92. The Kier molecular flexibility index (Phi) is 4.63. The summed E-state index contributed by atoms with van der Waals surface area (Å²) >= 11 is 14.0. The molecule has 0 atom stereocenters. The molecular weight excluding hydrogens is 364 g/mol. The van der Waals surface area contributed by atoms with Crippen molar-refractivity contribution in [3.05, 3.63) is 25.7 Å². The van der Waals surface area contributed by atoms with Gasteiger partial charge in [0.15, 0.2) is 5.96 Å². The third-order valence-corrected chi connectivity index (χ3v) is 2.65. The zero-order chi connectivity index (χ0) is 12.3. The highest BCUT2D eigenvalue weighted by molar-refractivity contribution is 14.1. The van der Waals surface area contributed by atoms with E-state index in [0.29, 0.717) is 15.7 Å². The average molecular weight is 372 g/mol. The summed E-state index contributed by atoms with van der Waals surface area (Å²) in [5.74, 6) is -0.288. The minimum absolute atomic E-state index is 0.106. The Hall–Kier alpha value is -0.730. The van der Waals surface area contributed by atoms with Gasteiger partial charge in [0.25, 0.3) is 0 Å². The standard InChI is InChI=1S/C8H8Cl2IN5/c9-4-1-3(11)2-5(10)6(4)15-8(14)16-7(12)13/h1-2H,(H6,12,13,14,15,16). The Balaban J connectivity index is 3.20. The normalized spacial score (nSPS) is 11.3. The second-order valence-electron chi connectivity index (χ2n) is 2.72. The lowest BCUT2D eigenvalue weighted by molar-refractivity contribution is 1.38. The molecule has 1 aromatic rings. The molecule has 0 aromatic heterocycles. The number of rotatable bonds is 1. The van der Waals surface area contributed by atoms with Crippen LogP contribution in [0.25, 0.3) is 0 Å². The Morgan fingerprint density at radius 2 is 1.62 bits per heavy atom. The highest BCUT2D eigenvalue weighted by atomic mass is 127. The number of benzene rings is 1. The number of aliphatic imine (C=N–C) groups is 2. The molecule has 1 aromatic carbocycles. The molecule has 0 unspecified atom stereocenters. The minimum Gasteiger partial charge on any atom is -0.370 e. The SMILES string of the molecule is NC(N)=NC(N)=Nc1c(Cl)cc(I)cc1Cl. The van der Waals surface area contributed by atoms with Crippen molar-refractivity contribution >= 4 is 63.4 Å². The first kappa shape index (κ1) is 13.3. The van der Waals surface area contributed by atoms with Crippen LogP contribution in [0.2, 0.25) is 10.0 Å². The monoisotopic (exact) mass is 371 g/mol. The second kappa shape index (κ2) is 5.55. The predicted octanol–water partition coefficient (Wildman–Crippen LogP) is 1.82. The Labute approximate surface area is 116 Å². The molecule has 0 saturated heterocycles. The van der Waals surface area contributed by atoms with Gasteiger partial charge in [-0.3, -0.25) is 0 Å². The quantitative estimate of drug-likeness (QED) is 0.398. The Morgan fingerprint density at radius 3 is 2.06 bits per heavy atom. The van der Waals surface area contributed by atoms with E-state index in [9.17, 15) is 0 Å². The highest BCUT2D eigenvalue weighted by Crippen LogP contribution is 2.34. The lowest BCUT2D eigenvalue weighted by atomic mass is 10.3. The maximum absolute atomic E-state index is 5.95. The van der Waals surface area contributed by atoms with Crippen molar-refractivity contribution in [1.82, 2.24) is 0 Å². The van der Waals surface area contributed by atoms with Gasteiger partial charge in [0.2, 0.25) is 5.96 Å². The van der Waals surface area contributed by atoms with Gasteiger partial charge in [-0.05, 0) is 34.7 Å². The van der Waals surface area contributed by atoms with Crippen LogP contribution in [0.1, 0.15) is 0 Å². The van der Waals surface area contributed by atoms with Gasteiger partial charge in [0.05, 0.1) is 10.0 Å². The first-order valence-corrected chi connectivity index (χ1v) is 5.82. The van der Waals surface area contributed by atoms with Crippen molar-refractivity contribution in [2.24, 2.45) is 27.2 Å². The topological polar surface area (TPSA) is 103 Å². The van der Waals surface area contributed by atoms with Gasteiger partial charge in [-0.2, -0.15) is 4.99 Å². The molecule has 0 aliphatic carbocycles. The van der Waals surface area contributed by atoms with Crippen LogP contribution in [0, 0.1) is 3.57 Å². The maximum Gasteiger partial charge on any atom is 0.223 e. The van der Waals surface area contributed by atoms with Gasteiger partial charge >= 0.3 is 0 Å². The number of halogens is 3. The molecule has 0 aliphatic rings. The van der Waals surface area contributed by atoms with Crippen molar-refractivity contribution in [3.63, 3.8) is 0 Å². The second-order valence-corrected chi connectivity index (χ2v) is 4.78. The van der Waals surface area contributed by atoms with E-state index in [1.807, 2.05) is 0 Å². The number of guanidine groups is 2. The van der Waals surface area contributed by atoms with Crippen LogP contribution in [-0.2, 0) is 0 Å². The fraction of sp³-hybridized carbons (Fsp3) is 0. The van der Waals surface area contributed by atoms with Gasteiger partial charge in [-0.15, -0.1) is 0 Å². The van der Waals surface area contributed by atoms with Gasteiger partial charge in [-0.25, -0.2) is 4.99 Å². The molecule has 0 radical (unpaired) electrons. The van der Waals surface area contributed by atoms with Gasteiger partial charge in [0.1, 0.15) is 5.69 Å². The van der Waals surface area contributed by atoms with Gasteiger partial charge in [-0.1, -0.05) is 23.2 Å². The largest absolute Gasteiger partial charge is 0.370 e. The summed E-state index contributed by atoms with van der Waals surface area (Å²) in [4.78, 5) is 7.48. The van der Waals surface area contributed by atoms with E-state index in [2.05, 4.69) is 32.6 Å². The molecule has 0 saturated carbocycles. The highest BCUT2D eigenvalue weighted by Gasteiger charge is 2.07. The van der Waals surface area contributed by atoms with Crippen LogP contribution in [-0.4, -0.2) is 11.9 Å². The molecule has 0 spiro atoms. The Bertz CT molecular complexity index is 444. The third kappa shape index (κ3) is 3.69. The summed E-state index contributed by atoms with van der Waals surface area (Å²) in [5, 5.41) is 0.760. The maximum atomic E-state index is 5.95. The van der Waals surface area contributed by atoms with Gasteiger partial charge in [0, 0.05) is 3.57 Å². The zero-order valence-corrected chi connectivity index (χ0v) is 11.6. The molecule has 0 heterocycles. The van der Waals surface area contributed by atoms with Crippen molar-refractivity contribution in [2.75, 3.05) is 0 Å². The van der Waals surface area contributed by atoms with E-state index in [1.54, 1.807) is 12.1 Å². The summed E-state index contributed by atoms with van der Waals surface area (Å²) < 4.78 is 0.895. The first-order chi connectivity index (χ1) is 7.40. The van der Waals surface area contributed by atoms with E-state index < -0.39 is 0 Å². The number of hydrogen-bond acceptors (Lipinski definition) is 1. The van der Waals surface area contributed by atoms with Crippen molar-refractivity contribution in [2.45, 2.75) is 0 Å². The van der Waals surface area contributed by atoms with Crippen LogP contribution < -0.4 is 17.2 Å². The molecular formula is C8H8Cl2IN5. The minimum atomic E-state index is -0.181. The molecule has 8 heteroatoms. The third-order valence-electron chi connectivity index (χ3n) is 1.45. The van der Waals surface area contributed by atoms with Crippen molar-refractivity contribution in [1.29, 1.82) is 0 Å². The summed E-state index contributed by atoms with van der Waals surface area (Å²) in [6, 6.07) is 3.41. The van der Waals surface area contributed by atoms with E-state index in [0.717, 1.165) is 3.57 Å². The van der Waals surface area contributed by atoms with E-state index in [-0.39, 0.29) is 11.9 Å². The van der Waals surface area contributed by atoms with E-state index in [1.165, 1.54) is 0 Å². The lowest BCUT2D eigenvalue weighted by Crippen LogP contribution is -2.26. The number of nitrogens with zero attached hydrogens (tertiary/aromatic N) is 2. The molecule has 16 heavy (non-hydrogen) atoms. The summed E-state index contributed by atoms with van der Waals surface area (Å²) in [6.45, 7) is 0. The van der Waals surface area contributed by atoms with Crippen molar-refractivity contribution < 1.29 is 0 Å². The molecule has 86 valence electrons. The van der Waals surface area contributed by atoms with Crippen LogP contribution in [0.4, 0.5) is 5.69 Å². The average Bonchev–Trinajstić information content (AvgIpc) is 2.09. The Morgan fingerprint density at radius 1 is 1.12 bits per heavy atom. The molecule has 1 rings (SSSR count). The molecule has 0 aliphatic heterocycles. The number of nitrogens with two attached hydrogens (primary N) is 3. The van der Waals surface area contributed by atoms with Crippen molar-refractivity contribution in [3.8, 4) is 0 Å². The van der Waals surface area contributed by atoms with Crippen LogP contribution in [0.15, 0.2) is 22.1 Å². The van der Waals surface area contributed by atoms with Crippen LogP contribution in [0.3, 0.4) is 0 Å². The summed E-state index contributed by atoms with van der Waals surface area (Å²) in [7, 11) is 0. The molecule has 0 bridgehead atoms. The lowest BCUT2D eigenvalue weighted by Gasteiger charge is -2.03. The van der Waals surface area contributed by atoms with E-state index >= 15 is 0 Å². The molecule has 6 N–H and O–H groups in total. The fourth-order valence-electron chi connectivity index (χ4n) is 0.913. The number of hydrogen-bond donors (Lipinski definition) is 3. The van der Waals surface area contributed by atoms with Crippen LogP contribution in [0.5, 0.6) is 0 Å². The molecule has 5 nitrogen and oxygen atoms in total. The smallest absolute Gasteiger partial charge is 0.223 e. The molecule has 0 fully saturated rings. The summed E-state index contributed by atoms with van der Waals surface area (Å²) in [5.41, 5.74) is 16.1. The first-order valence-electron chi connectivity index (χ1n) is 3.98. The summed E-state index contributed by atoms with van der Waals surface area (Å²) in [6.07, 6.45) is 0.